The van der Waals surface area contributed by atoms with Crippen LogP contribution in [0.15, 0.2) is 18.2 Å². The van der Waals surface area contributed by atoms with Crippen LogP contribution in [0.25, 0.3) is 0 Å². The Balaban J connectivity index is 2.06. The molecular formula is C17H25NO. The smallest absolute Gasteiger partial charge is 0.251 e. The molecule has 1 aromatic rings. The van der Waals surface area contributed by atoms with Crippen molar-refractivity contribution in [2.24, 2.45) is 11.8 Å². The average Bonchev–Trinajstić information content (AvgIpc) is 2.38. The van der Waals surface area contributed by atoms with Gasteiger partial charge in [-0.15, -0.1) is 0 Å². The number of aryl methyl sites for hydroxylation is 2. The highest BCUT2D eigenvalue weighted by atomic mass is 16.1. The number of amides is 1. The highest BCUT2D eigenvalue weighted by Crippen LogP contribution is 2.29. The molecule has 19 heavy (non-hydrogen) atoms. The van der Waals surface area contributed by atoms with Crippen molar-refractivity contribution in [3.8, 4) is 0 Å². The lowest BCUT2D eigenvalue weighted by Crippen LogP contribution is -2.43. The number of hydrogen-bond acceptors (Lipinski definition) is 1. The second-order valence-electron chi connectivity index (χ2n) is 6.15. The molecule has 2 nitrogen and oxygen atoms in total. The van der Waals surface area contributed by atoms with Gasteiger partial charge in [0.05, 0.1) is 0 Å². The Kier molecular flexibility index (Phi) is 4.28. The van der Waals surface area contributed by atoms with Gasteiger partial charge in [0.15, 0.2) is 0 Å². The third-order valence-corrected chi connectivity index (χ3v) is 4.79. The largest absolute Gasteiger partial charge is 0.349 e. The molecule has 0 spiro atoms. The van der Waals surface area contributed by atoms with E-state index in [-0.39, 0.29) is 5.91 Å². The molecule has 2 heteroatoms. The molecule has 1 aromatic carbocycles. The zero-order valence-corrected chi connectivity index (χ0v) is 12.5. The van der Waals surface area contributed by atoms with Crippen molar-refractivity contribution in [1.82, 2.24) is 5.32 Å². The fourth-order valence-electron chi connectivity index (χ4n) is 2.92. The molecule has 2 rings (SSSR count). The maximum Gasteiger partial charge on any atom is 0.251 e. The molecule has 0 radical (unpaired) electrons. The van der Waals surface area contributed by atoms with Gasteiger partial charge in [0.2, 0.25) is 0 Å². The number of rotatable bonds is 2. The molecule has 1 saturated carbocycles. The van der Waals surface area contributed by atoms with Crippen molar-refractivity contribution in [2.45, 2.75) is 53.0 Å². The minimum Gasteiger partial charge on any atom is -0.349 e. The van der Waals surface area contributed by atoms with E-state index in [2.05, 4.69) is 33.0 Å². The number of nitrogens with one attached hydrogen (secondary N) is 1. The van der Waals surface area contributed by atoms with Gasteiger partial charge in [-0.1, -0.05) is 32.8 Å². The summed E-state index contributed by atoms with van der Waals surface area (Å²) in [6.45, 7) is 8.67. The van der Waals surface area contributed by atoms with Gasteiger partial charge >= 0.3 is 0 Å². The first kappa shape index (κ1) is 14.1. The van der Waals surface area contributed by atoms with E-state index in [1.807, 2.05) is 18.2 Å². The second kappa shape index (κ2) is 5.77. The number of carbonyl (C=O) groups is 1. The monoisotopic (exact) mass is 259 g/mol. The normalized spacial score (nSPS) is 27.1. The van der Waals surface area contributed by atoms with Crippen LogP contribution in [0, 0.1) is 25.7 Å². The summed E-state index contributed by atoms with van der Waals surface area (Å²) in [4.78, 5) is 12.3. The van der Waals surface area contributed by atoms with Gasteiger partial charge in [0, 0.05) is 11.6 Å². The lowest BCUT2D eigenvalue weighted by molar-refractivity contribution is 0.0891. The Morgan fingerprint density at radius 1 is 1.16 bits per heavy atom. The van der Waals surface area contributed by atoms with Crippen molar-refractivity contribution in [1.29, 1.82) is 0 Å². The minimum absolute atomic E-state index is 0.0778. The third-order valence-electron chi connectivity index (χ3n) is 4.79. The van der Waals surface area contributed by atoms with Gasteiger partial charge in [0.1, 0.15) is 0 Å². The van der Waals surface area contributed by atoms with Crippen LogP contribution in [0.4, 0.5) is 0 Å². The van der Waals surface area contributed by atoms with Crippen molar-refractivity contribution < 1.29 is 4.79 Å². The fourth-order valence-corrected chi connectivity index (χ4v) is 2.92. The third kappa shape index (κ3) is 3.17. The van der Waals surface area contributed by atoms with Crippen molar-refractivity contribution in [3.05, 3.63) is 34.9 Å². The molecule has 104 valence electrons. The molecule has 0 aromatic heterocycles. The summed E-state index contributed by atoms with van der Waals surface area (Å²) < 4.78 is 0. The molecule has 0 heterocycles. The number of hydrogen-bond donors (Lipinski definition) is 1. The molecule has 3 unspecified atom stereocenters. The van der Waals surface area contributed by atoms with Gasteiger partial charge < -0.3 is 5.32 Å². The van der Waals surface area contributed by atoms with Crippen molar-refractivity contribution in [2.75, 3.05) is 0 Å². The first-order valence-corrected chi connectivity index (χ1v) is 7.37. The van der Waals surface area contributed by atoms with E-state index in [0.29, 0.717) is 17.9 Å². The summed E-state index contributed by atoms with van der Waals surface area (Å²) in [6, 6.07) is 6.27. The van der Waals surface area contributed by atoms with Gasteiger partial charge in [-0.05, 0) is 55.4 Å². The highest BCUT2D eigenvalue weighted by Gasteiger charge is 2.28. The lowest BCUT2D eigenvalue weighted by Gasteiger charge is -2.34. The van der Waals surface area contributed by atoms with E-state index in [1.54, 1.807) is 0 Å². The van der Waals surface area contributed by atoms with Crippen molar-refractivity contribution >= 4 is 5.91 Å². The Bertz CT molecular complexity index is 466. The predicted octanol–water partition coefficient (Wildman–Crippen LogP) is 3.86. The van der Waals surface area contributed by atoms with E-state index in [4.69, 9.17) is 0 Å². The quantitative estimate of drug-likeness (QED) is 0.858. The molecule has 3 atom stereocenters. The molecule has 1 N–H and O–H groups in total. The first-order valence-electron chi connectivity index (χ1n) is 7.37. The van der Waals surface area contributed by atoms with Crippen LogP contribution < -0.4 is 5.32 Å². The lowest BCUT2D eigenvalue weighted by atomic mass is 9.78. The minimum atomic E-state index is 0.0778. The topological polar surface area (TPSA) is 29.1 Å². The van der Waals surface area contributed by atoms with Crippen LogP contribution >= 0.6 is 0 Å². The SMILES string of the molecule is Cc1ccc(C(=O)NC2CCCC(C)C2C)cc1C. The van der Waals surface area contributed by atoms with E-state index in [9.17, 15) is 4.79 Å². The fraction of sp³-hybridized carbons (Fsp3) is 0.588. The molecule has 0 saturated heterocycles. The molecule has 1 aliphatic rings. The summed E-state index contributed by atoms with van der Waals surface area (Å²) in [5.74, 6) is 1.36. The van der Waals surface area contributed by atoms with Crippen LogP contribution in [0.5, 0.6) is 0 Å². The van der Waals surface area contributed by atoms with Crippen LogP contribution in [-0.4, -0.2) is 11.9 Å². The predicted molar refractivity (Wildman–Crippen MR) is 79.3 cm³/mol. The Hall–Kier alpha value is -1.31. The maximum absolute atomic E-state index is 12.3. The van der Waals surface area contributed by atoms with Crippen LogP contribution in [-0.2, 0) is 0 Å². The molecule has 1 aliphatic carbocycles. The summed E-state index contributed by atoms with van der Waals surface area (Å²) in [7, 11) is 0. The van der Waals surface area contributed by atoms with Crippen molar-refractivity contribution in [3.63, 3.8) is 0 Å². The van der Waals surface area contributed by atoms with Gasteiger partial charge in [-0.25, -0.2) is 0 Å². The first-order chi connectivity index (χ1) is 8.99. The maximum atomic E-state index is 12.3. The Labute approximate surface area is 116 Å². The average molecular weight is 259 g/mol. The van der Waals surface area contributed by atoms with Gasteiger partial charge in [0.25, 0.3) is 5.91 Å². The highest BCUT2D eigenvalue weighted by molar-refractivity contribution is 5.94. The van der Waals surface area contributed by atoms with Gasteiger partial charge in [-0.3, -0.25) is 4.79 Å². The molecule has 1 fully saturated rings. The summed E-state index contributed by atoms with van der Waals surface area (Å²) >= 11 is 0. The summed E-state index contributed by atoms with van der Waals surface area (Å²) in [5.41, 5.74) is 3.20. The van der Waals surface area contributed by atoms with E-state index >= 15 is 0 Å². The molecule has 1 amide bonds. The van der Waals surface area contributed by atoms with Crippen LogP contribution in [0.3, 0.4) is 0 Å². The zero-order valence-electron chi connectivity index (χ0n) is 12.5. The van der Waals surface area contributed by atoms with Crippen LogP contribution in [0.2, 0.25) is 0 Å². The van der Waals surface area contributed by atoms with E-state index < -0.39 is 0 Å². The second-order valence-corrected chi connectivity index (χ2v) is 6.15. The van der Waals surface area contributed by atoms with E-state index in [0.717, 1.165) is 12.0 Å². The molecule has 0 aliphatic heterocycles. The molecule has 0 bridgehead atoms. The zero-order chi connectivity index (χ0) is 14.0. The Morgan fingerprint density at radius 3 is 2.58 bits per heavy atom. The van der Waals surface area contributed by atoms with Crippen LogP contribution in [0.1, 0.15) is 54.6 Å². The standard InChI is InChI=1S/C17H25NO/c1-11-8-9-15(10-13(11)3)17(19)18-16-7-5-6-12(2)14(16)4/h8-10,12,14,16H,5-7H2,1-4H3,(H,18,19). The summed E-state index contributed by atoms with van der Waals surface area (Å²) in [5, 5.41) is 3.22. The number of carbonyl (C=O) groups excluding carboxylic acids is 1. The summed E-state index contributed by atoms with van der Waals surface area (Å²) in [6.07, 6.45) is 3.63. The number of benzene rings is 1. The Morgan fingerprint density at radius 2 is 1.89 bits per heavy atom. The van der Waals surface area contributed by atoms with E-state index in [1.165, 1.54) is 24.0 Å². The van der Waals surface area contributed by atoms with Gasteiger partial charge in [-0.2, -0.15) is 0 Å². The molecular weight excluding hydrogens is 234 g/mol.